The molecule has 3 aliphatic rings. The van der Waals surface area contributed by atoms with Gasteiger partial charge in [0.05, 0.1) is 12.6 Å². The lowest BCUT2D eigenvalue weighted by Crippen LogP contribution is -2.38. The number of aliphatic hydroxyl groups is 1. The predicted molar refractivity (Wildman–Crippen MR) is 98.0 cm³/mol. The van der Waals surface area contributed by atoms with Crippen LogP contribution in [0.1, 0.15) is 38.5 Å². The second-order valence-electron chi connectivity index (χ2n) is 7.68. The van der Waals surface area contributed by atoms with E-state index in [4.69, 9.17) is 4.74 Å². The third kappa shape index (κ3) is 3.75. The van der Waals surface area contributed by atoms with E-state index in [0.717, 1.165) is 69.2 Å². The Labute approximate surface area is 150 Å². The summed E-state index contributed by atoms with van der Waals surface area (Å²) in [5.74, 6) is 3.71. The van der Waals surface area contributed by atoms with Crippen LogP contribution in [0.3, 0.4) is 0 Å². The number of hydrogen-bond donors (Lipinski definition) is 1. The van der Waals surface area contributed by atoms with Gasteiger partial charge in [-0.05, 0) is 50.4 Å². The first-order chi connectivity index (χ1) is 12.3. The number of hydrogen-bond acceptors (Lipinski definition) is 6. The van der Waals surface area contributed by atoms with Crippen molar-refractivity contribution in [1.29, 1.82) is 0 Å². The van der Waals surface area contributed by atoms with Crippen molar-refractivity contribution in [2.45, 2.75) is 44.6 Å². The largest absolute Gasteiger partial charge is 0.394 e. The van der Waals surface area contributed by atoms with Gasteiger partial charge in [-0.2, -0.15) is 0 Å². The molecule has 0 saturated carbocycles. The molecule has 0 aliphatic carbocycles. The van der Waals surface area contributed by atoms with Crippen LogP contribution in [0.4, 0.5) is 11.6 Å². The second-order valence-corrected chi connectivity index (χ2v) is 7.68. The van der Waals surface area contributed by atoms with Crippen LogP contribution >= 0.6 is 0 Å². The zero-order valence-electron chi connectivity index (χ0n) is 15.0. The van der Waals surface area contributed by atoms with Gasteiger partial charge in [0.1, 0.15) is 18.0 Å². The van der Waals surface area contributed by atoms with Crippen LogP contribution in [0.2, 0.25) is 0 Å². The van der Waals surface area contributed by atoms with Gasteiger partial charge in [0.25, 0.3) is 0 Å². The van der Waals surface area contributed by atoms with E-state index in [9.17, 15) is 5.11 Å². The molecule has 4 rings (SSSR count). The summed E-state index contributed by atoms with van der Waals surface area (Å²) in [6.45, 7) is 5.25. The highest BCUT2D eigenvalue weighted by Crippen LogP contribution is 2.33. The molecule has 0 spiro atoms. The molecular formula is C19H30N4O2. The van der Waals surface area contributed by atoms with Gasteiger partial charge in [-0.1, -0.05) is 0 Å². The average Bonchev–Trinajstić information content (AvgIpc) is 3.18. The van der Waals surface area contributed by atoms with E-state index in [2.05, 4.69) is 25.8 Å². The molecule has 1 aromatic rings. The van der Waals surface area contributed by atoms with Crippen molar-refractivity contribution in [2.24, 2.45) is 11.8 Å². The van der Waals surface area contributed by atoms with Crippen LogP contribution in [-0.2, 0) is 4.74 Å². The van der Waals surface area contributed by atoms with Gasteiger partial charge in [0.15, 0.2) is 0 Å². The van der Waals surface area contributed by atoms with Gasteiger partial charge >= 0.3 is 0 Å². The summed E-state index contributed by atoms with van der Waals surface area (Å²) in [4.78, 5) is 13.6. The summed E-state index contributed by atoms with van der Waals surface area (Å²) < 4.78 is 5.51. The van der Waals surface area contributed by atoms with Crippen LogP contribution in [0.5, 0.6) is 0 Å². The molecule has 1 atom stereocenters. The summed E-state index contributed by atoms with van der Waals surface area (Å²) >= 11 is 0. The lowest BCUT2D eigenvalue weighted by molar-refractivity contribution is 0.0418. The van der Waals surface area contributed by atoms with E-state index in [1.54, 1.807) is 6.33 Å². The van der Waals surface area contributed by atoms with Crippen LogP contribution in [0, 0.1) is 11.8 Å². The molecule has 1 N–H and O–H groups in total. The SMILES string of the molecule is OCC1CCCN1c1cc(N2CCC(C3CCOCC3)CC2)ncn1. The van der Waals surface area contributed by atoms with Crippen LogP contribution in [0.25, 0.3) is 0 Å². The van der Waals surface area contributed by atoms with Gasteiger partial charge in [0, 0.05) is 38.9 Å². The van der Waals surface area contributed by atoms with E-state index in [1.165, 1.54) is 25.7 Å². The molecule has 3 fully saturated rings. The van der Waals surface area contributed by atoms with Crippen molar-refractivity contribution in [3.63, 3.8) is 0 Å². The molecule has 3 saturated heterocycles. The fourth-order valence-electron chi connectivity index (χ4n) is 4.78. The first kappa shape index (κ1) is 17.0. The Morgan fingerprint density at radius 1 is 0.960 bits per heavy atom. The highest BCUT2D eigenvalue weighted by molar-refractivity contribution is 5.51. The van der Waals surface area contributed by atoms with Crippen molar-refractivity contribution >= 4 is 11.6 Å². The molecule has 25 heavy (non-hydrogen) atoms. The minimum absolute atomic E-state index is 0.204. The van der Waals surface area contributed by atoms with Gasteiger partial charge in [-0.15, -0.1) is 0 Å². The Hall–Kier alpha value is -1.40. The summed E-state index contributed by atoms with van der Waals surface area (Å²) in [6, 6.07) is 2.32. The van der Waals surface area contributed by atoms with Crippen molar-refractivity contribution in [2.75, 3.05) is 49.3 Å². The number of piperidine rings is 1. The summed E-state index contributed by atoms with van der Waals surface area (Å²) in [7, 11) is 0. The number of nitrogens with zero attached hydrogens (tertiary/aromatic N) is 4. The monoisotopic (exact) mass is 346 g/mol. The molecule has 138 valence electrons. The fourth-order valence-corrected chi connectivity index (χ4v) is 4.78. The first-order valence-corrected chi connectivity index (χ1v) is 9.87. The number of rotatable bonds is 4. The zero-order chi connectivity index (χ0) is 17.1. The van der Waals surface area contributed by atoms with E-state index < -0.39 is 0 Å². The zero-order valence-corrected chi connectivity index (χ0v) is 15.0. The van der Waals surface area contributed by atoms with Crippen molar-refractivity contribution < 1.29 is 9.84 Å². The summed E-state index contributed by atoms with van der Waals surface area (Å²) in [6.07, 6.45) is 8.84. The third-order valence-electron chi connectivity index (χ3n) is 6.32. The molecule has 0 radical (unpaired) electrons. The van der Waals surface area contributed by atoms with E-state index >= 15 is 0 Å². The molecule has 1 aromatic heterocycles. The normalized spacial score (nSPS) is 26.4. The van der Waals surface area contributed by atoms with Crippen LogP contribution < -0.4 is 9.80 Å². The van der Waals surface area contributed by atoms with Crippen molar-refractivity contribution in [3.05, 3.63) is 12.4 Å². The van der Waals surface area contributed by atoms with E-state index in [0.29, 0.717) is 0 Å². The molecule has 4 heterocycles. The maximum atomic E-state index is 9.56. The second kappa shape index (κ2) is 7.87. The van der Waals surface area contributed by atoms with E-state index in [-0.39, 0.29) is 12.6 Å². The molecule has 0 aromatic carbocycles. The molecule has 6 nitrogen and oxygen atoms in total. The third-order valence-corrected chi connectivity index (χ3v) is 6.32. The topological polar surface area (TPSA) is 61.7 Å². The molecule has 6 heteroatoms. The maximum absolute atomic E-state index is 9.56. The Morgan fingerprint density at radius 3 is 2.44 bits per heavy atom. The first-order valence-electron chi connectivity index (χ1n) is 9.87. The van der Waals surface area contributed by atoms with E-state index in [1.807, 2.05) is 0 Å². The number of anilines is 2. The minimum Gasteiger partial charge on any atom is -0.394 e. The lowest BCUT2D eigenvalue weighted by Gasteiger charge is -2.38. The predicted octanol–water partition coefficient (Wildman–Crippen LogP) is 2.08. The van der Waals surface area contributed by atoms with Crippen molar-refractivity contribution in [1.82, 2.24) is 9.97 Å². The molecule has 3 aliphatic heterocycles. The molecule has 0 amide bonds. The fraction of sp³-hybridized carbons (Fsp3) is 0.789. The minimum atomic E-state index is 0.204. The van der Waals surface area contributed by atoms with Gasteiger partial charge in [0.2, 0.25) is 0 Å². The average molecular weight is 346 g/mol. The highest BCUT2D eigenvalue weighted by atomic mass is 16.5. The Balaban J connectivity index is 1.39. The van der Waals surface area contributed by atoms with Crippen LogP contribution in [-0.4, -0.2) is 60.6 Å². The smallest absolute Gasteiger partial charge is 0.134 e. The number of ether oxygens (including phenoxy) is 1. The Kier molecular flexibility index (Phi) is 5.36. The van der Waals surface area contributed by atoms with Crippen molar-refractivity contribution in [3.8, 4) is 0 Å². The Bertz CT molecular complexity index is 556. The van der Waals surface area contributed by atoms with Crippen LogP contribution in [0.15, 0.2) is 12.4 Å². The molecule has 1 unspecified atom stereocenters. The number of aromatic nitrogens is 2. The maximum Gasteiger partial charge on any atom is 0.134 e. The molecular weight excluding hydrogens is 316 g/mol. The molecule has 0 bridgehead atoms. The standard InChI is InChI=1S/C19H30N4O2/c24-13-17-2-1-7-23(17)19-12-18(20-14-21-19)22-8-3-15(4-9-22)16-5-10-25-11-6-16/h12,14-17,24H,1-11,13H2. The Morgan fingerprint density at radius 2 is 1.68 bits per heavy atom. The highest BCUT2D eigenvalue weighted by Gasteiger charge is 2.29. The van der Waals surface area contributed by atoms with Gasteiger partial charge < -0.3 is 19.6 Å². The summed E-state index contributed by atoms with van der Waals surface area (Å²) in [5.41, 5.74) is 0. The quantitative estimate of drug-likeness (QED) is 0.901. The van der Waals surface area contributed by atoms with Gasteiger partial charge in [-0.25, -0.2) is 9.97 Å². The summed E-state index contributed by atoms with van der Waals surface area (Å²) in [5, 5.41) is 9.56. The van der Waals surface area contributed by atoms with Gasteiger partial charge in [-0.3, -0.25) is 0 Å². The lowest BCUT2D eigenvalue weighted by atomic mass is 9.80. The number of aliphatic hydroxyl groups excluding tert-OH is 1.